The highest BCUT2D eigenvalue weighted by atomic mass is 15.3. The highest BCUT2D eigenvalue weighted by molar-refractivity contribution is 5.77. The van der Waals surface area contributed by atoms with Gasteiger partial charge in [0.1, 0.15) is 0 Å². The molecule has 98 valence electrons. The second-order valence-corrected chi connectivity index (χ2v) is 4.65. The van der Waals surface area contributed by atoms with Crippen LogP contribution in [0.15, 0.2) is 35.3 Å². The second-order valence-electron chi connectivity index (χ2n) is 4.65. The van der Waals surface area contributed by atoms with E-state index in [0.29, 0.717) is 5.96 Å². The van der Waals surface area contributed by atoms with E-state index < -0.39 is 0 Å². The van der Waals surface area contributed by atoms with Crippen LogP contribution >= 0.6 is 0 Å². The third-order valence-electron chi connectivity index (χ3n) is 3.48. The van der Waals surface area contributed by atoms with Gasteiger partial charge in [-0.1, -0.05) is 30.3 Å². The van der Waals surface area contributed by atoms with E-state index in [4.69, 9.17) is 5.73 Å². The SMILES string of the molecule is CN=C(N)N1CCN(CCc2ccccc2)CC1. The van der Waals surface area contributed by atoms with Crippen LogP contribution in [0.2, 0.25) is 0 Å². The number of aliphatic imine (C=N–C) groups is 1. The van der Waals surface area contributed by atoms with E-state index in [1.807, 2.05) is 0 Å². The summed E-state index contributed by atoms with van der Waals surface area (Å²) in [5.41, 5.74) is 7.23. The summed E-state index contributed by atoms with van der Waals surface area (Å²) in [7, 11) is 1.75. The third kappa shape index (κ3) is 3.47. The van der Waals surface area contributed by atoms with Gasteiger partial charge in [-0.2, -0.15) is 0 Å². The Hall–Kier alpha value is -1.55. The average Bonchev–Trinajstić information content (AvgIpc) is 2.46. The van der Waals surface area contributed by atoms with Crippen molar-refractivity contribution in [3.63, 3.8) is 0 Å². The summed E-state index contributed by atoms with van der Waals surface area (Å²) in [6.45, 7) is 5.24. The van der Waals surface area contributed by atoms with Gasteiger partial charge in [0.15, 0.2) is 5.96 Å². The first-order valence-electron chi connectivity index (χ1n) is 6.53. The summed E-state index contributed by atoms with van der Waals surface area (Å²) in [6.07, 6.45) is 1.12. The molecule has 2 N–H and O–H groups in total. The van der Waals surface area contributed by atoms with Crippen LogP contribution in [-0.4, -0.2) is 55.5 Å². The lowest BCUT2D eigenvalue weighted by Gasteiger charge is -2.35. The number of nitrogens with zero attached hydrogens (tertiary/aromatic N) is 3. The van der Waals surface area contributed by atoms with Gasteiger partial charge >= 0.3 is 0 Å². The Morgan fingerprint density at radius 1 is 1.17 bits per heavy atom. The standard InChI is InChI=1S/C14H22N4/c1-16-14(15)18-11-9-17(10-12-18)8-7-13-5-3-2-4-6-13/h2-6H,7-12H2,1H3,(H2,15,16). The van der Waals surface area contributed by atoms with Gasteiger partial charge in [0, 0.05) is 39.8 Å². The molecule has 1 aliphatic rings. The molecule has 4 nitrogen and oxygen atoms in total. The topological polar surface area (TPSA) is 44.9 Å². The van der Waals surface area contributed by atoms with E-state index in [2.05, 4.69) is 45.1 Å². The Morgan fingerprint density at radius 2 is 1.83 bits per heavy atom. The van der Waals surface area contributed by atoms with E-state index in [-0.39, 0.29) is 0 Å². The van der Waals surface area contributed by atoms with E-state index in [0.717, 1.165) is 39.1 Å². The number of benzene rings is 1. The quantitative estimate of drug-likeness (QED) is 0.633. The zero-order valence-electron chi connectivity index (χ0n) is 11.0. The maximum atomic E-state index is 5.82. The van der Waals surface area contributed by atoms with E-state index >= 15 is 0 Å². The van der Waals surface area contributed by atoms with Crippen LogP contribution in [0.1, 0.15) is 5.56 Å². The molecular formula is C14H22N4. The molecular weight excluding hydrogens is 224 g/mol. The van der Waals surface area contributed by atoms with Crippen LogP contribution in [0.4, 0.5) is 0 Å². The molecule has 0 aromatic heterocycles. The van der Waals surface area contributed by atoms with Gasteiger partial charge in [0.05, 0.1) is 0 Å². The molecule has 1 aliphatic heterocycles. The molecule has 2 rings (SSSR count). The van der Waals surface area contributed by atoms with Crippen LogP contribution in [0.3, 0.4) is 0 Å². The minimum Gasteiger partial charge on any atom is -0.370 e. The van der Waals surface area contributed by atoms with Crippen molar-refractivity contribution in [1.82, 2.24) is 9.80 Å². The molecule has 1 aromatic rings. The Labute approximate surface area is 109 Å². The van der Waals surface area contributed by atoms with Crippen LogP contribution in [-0.2, 0) is 6.42 Å². The van der Waals surface area contributed by atoms with Crippen molar-refractivity contribution in [3.05, 3.63) is 35.9 Å². The first kappa shape index (κ1) is 12.9. The van der Waals surface area contributed by atoms with E-state index in [1.165, 1.54) is 5.56 Å². The molecule has 0 atom stereocenters. The number of hydrogen-bond donors (Lipinski definition) is 1. The van der Waals surface area contributed by atoms with Gasteiger partial charge in [-0.15, -0.1) is 0 Å². The summed E-state index contributed by atoms with van der Waals surface area (Å²) in [6, 6.07) is 10.7. The van der Waals surface area contributed by atoms with E-state index in [1.54, 1.807) is 7.05 Å². The van der Waals surface area contributed by atoms with Gasteiger partial charge in [0.25, 0.3) is 0 Å². The maximum absolute atomic E-state index is 5.82. The number of nitrogens with two attached hydrogens (primary N) is 1. The van der Waals surface area contributed by atoms with Crippen molar-refractivity contribution in [2.45, 2.75) is 6.42 Å². The molecule has 0 aliphatic carbocycles. The first-order valence-corrected chi connectivity index (χ1v) is 6.53. The van der Waals surface area contributed by atoms with Crippen LogP contribution in [0.25, 0.3) is 0 Å². The fraction of sp³-hybridized carbons (Fsp3) is 0.500. The van der Waals surface area contributed by atoms with Crippen molar-refractivity contribution in [2.75, 3.05) is 39.8 Å². The van der Waals surface area contributed by atoms with Crippen LogP contribution in [0.5, 0.6) is 0 Å². The predicted octanol–water partition coefficient (Wildman–Crippen LogP) is 0.791. The highest BCUT2D eigenvalue weighted by Crippen LogP contribution is 2.05. The molecule has 4 heteroatoms. The first-order chi connectivity index (χ1) is 8.79. The lowest BCUT2D eigenvalue weighted by Crippen LogP contribution is -2.51. The maximum Gasteiger partial charge on any atom is 0.191 e. The van der Waals surface area contributed by atoms with Crippen LogP contribution in [0, 0.1) is 0 Å². The Bertz CT molecular complexity index is 380. The summed E-state index contributed by atoms with van der Waals surface area (Å²) in [5, 5.41) is 0. The average molecular weight is 246 g/mol. The molecule has 1 fully saturated rings. The lowest BCUT2D eigenvalue weighted by molar-refractivity contribution is 0.183. The molecule has 0 spiro atoms. The monoisotopic (exact) mass is 246 g/mol. The van der Waals surface area contributed by atoms with Crippen molar-refractivity contribution >= 4 is 5.96 Å². The van der Waals surface area contributed by atoms with Gasteiger partial charge < -0.3 is 10.6 Å². The van der Waals surface area contributed by atoms with E-state index in [9.17, 15) is 0 Å². The minimum absolute atomic E-state index is 0.665. The zero-order valence-corrected chi connectivity index (χ0v) is 11.0. The van der Waals surface area contributed by atoms with Crippen LogP contribution < -0.4 is 5.73 Å². The predicted molar refractivity (Wildman–Crippen MR) is 75.7 cm³/mol. The summed E-state index contributed by atoms with van der Waals surface area (Å²) >= 11 is 0. The Morgan fingerprint density at radius 3 is 2.44 bits per heavy atom. The zero-order chi connectivity index (χ0) is 12.8. The number of guanidine groups is 1. The molecule has 1 saturated heterocycles. The summed E-state index contributed by atoms with van der Waals surface area (Å²) in [4.78, 5) is 8.68. The number of hydrogen-bond acceptors (Lipinski definition) is 2. The minimum atomic E-state index is 0.665. The molecule has 1 aromatic carbocycles. The largest absolute Gasteiger partial charge is 0.370 e. The summed E-state index contributed by atoms with van der Waals surface area (Å²) in [5.74, 6) is 0.665. The third-order valence-corrected chi connectivity index (χ3v) is 3.48. The lowest BCUT2D eigenvalue weighted by atomic mass is 10.1. The molecule has 1 heterocycles. The second kappa shape index (κ2) is 6.40. The highest BCUT2D eigenvalue weighted by Gasteiger charge is 2.17. The molecule has 0 bridgehead atoms. The summed E-state index contributed by atoms with van der Waals surface area (Å²) < 4.78 is 0. The van der Waals surface area contributed by atoms with Gasteiger partial charge in [-0.05, 0) is 12.0 Å². The smallest absolute Gasteiger partial charge is 0.191 e. The normalized spacial score (nSPS) is 18.1. The number of rotatable bonds is 3. The number of piperazine rings is 1. The molecule has 0 unspecified atom stereocenters. The van der Waals surface area contributed by atoms with Gasteiger partial charge in [0.2, 0.25) is 0 Å². The van der Waals surface area contributed by atoms with Crippen molar-refractivity contribution < 1.29 is 0 Å². The molecule has 0 radical (unpaired) electrons. The van der Waals surface area contributed by atoms with Crippen molar-refractivity contribution in [1.29, 1.82) is 0 Å². The van der Waals surface area contributed by atoms with Gasteiger partial charge in [-0.3, -0.25) is 9.89 Å². The fourth-order valence-electron chi connectivity index (χ4n) is 2.27. The molecule has 0 amide bonds. The molecule has 0 saturated carbocycles. The Balaban J connectivity index is 1.74. The van der Waals surface area contributed by atoms with Crippen molar-refractivity contribution in [2.24, 2.45) is 10.7 Å². The fourth-order valence-corrected chi connectivity index (χ4v) is 2.27. The molecule has 18 heavy (non-hydrogen) atoms. The van der Waals surface area contributed by atoms with Gasteiger partial charge in [-0.25, -0.2) is 0 Å². The van der Waals surface area contributed by atoms with Crippen molar-refractivity contribution in [3.8, 4) is 0 Å². The Kier molecular flexibility index (Phi) is 4.59.